The third kappa shape index (κ3) is 2.94. The monoisotopic (exact) mass is 288 g/mol. The lowest BCUT2D eigenvalue weighted by molar-refractivity contribution is 1.08. The number of H-pyrrole nitrogens is 1. The van der Waals surface area contributed by atoms with E-state index >= 15 is 0 Å². The van der Waals surface area contributed by atoms with Gasteiger partial charge in [0, 0.05) is 10.8 Å². The van der Waals surface area contributed by atoms with E-state index in [9.17, 15) is 0 Å². The number of hydrogen-bond acceptors (Lipinski definition) is 2. The number of imidazole rings is 1. The van der Waals surface area contributed by atoms with E-state index in [1.165, 1.54) is 11.1 Å². The topological polar surface area (TPSA) is 28.7 Å². The number of nitrogens with zero attached hydrogens (tertiary/aromatic N) is 1. The maximum absolute atomic E-state index is 5.96. The Kier molecular flexibility index (Phi) is 3.49. The summed E-state index contributed by atoms with van der Waals surface area (Å²) >= 11 is 7.67. The Morgan fingerprint density at radius 1 is 1.21 bits per heavy atom. The zero-order valence-electron chi connectivity index (χ0n) is 10.5. The number of rotatable bonds is 3. The predicted octanol–water partition coefficient (Wildman–Crippen LogP) is 4.82. The molecule has 0 atom stereocenters. The molecule has 0 radical (unpaired) electrons. The number of benzene rings is 2. The highest BCUT2D eigenvalue weighted by molar-refractivity contribution is 7.98. The van der Waals surface area contributed by atoms with E-state index in [0.717, 1.165) is 27.0 Å². The lowest BCUT2D eigenvalue weighted by atomic mass is 10.2. The lowest BCUT2D eigenvalue weighted by Gasteiger charge is -2.00. The van der Waals surface area contributed by atoms with Gasteiger partial charge in [-0.05, 0) is 30.7 Å². The average molecular weight is 289 g/mol. The molecule has 0 aliphatic rings. The highest BCUT2D eigenvalue weighted by Gasteiger charge is 2.04. The molecule has 96 valence electrons. The second-order valence-electron chi connectivity index (χ2n) is 4.48. The number of nitrogens with one attached hydrogen (secondary N) is 1. The van der Waals surface area contributed by atoms with Crippen LogP contribution in [0.15, 0.2) is 47.6 Å². The summed E-state index contributed by atoms with van der Waals surface area (Å²) < 4.78 is 0. The van der Waals surface area contributed by atoms with Crippen LogP contribution in [0.25, 0.3) is 11.0 Å². The van der Waals surface area contributed by atoms with Crippen molar-refractivity contribution in [3.05, 3.63) is 58.6 Å². The van der Waals surface area contributed by atoms with Gasteiger partial charge in [0.2, 0.25) is 0 Å². The molecular weight excluding hydrogens is 276 g/mol. The first-order valence-corrected chi connectivity index (χ1v) is 7.41. The van der Waals surface area contributed by atoms with E-state index in [2.05, 4.69) is 41.2 Å². The van der Waals surface area contributed by atoms with Crippen LogP contribution in [0.2, 0.25) is 5.02 Å². The normalized spacial score (nSPS) is 11.1. The minimum Gasteiger partial charge on any atom is -0.333 e. The molecule has 2 aromatic carbocycles. The molecule has 2 nitrogen and oxygen atoms in total. The van der Waals surface area contributed by atoms with Crippen molar-refractivity contribution in [2.75, 3.05) is 0 Å². The Hall–Kier alpha value is -1.45. The summed E-state index contributed by atoms with van der Waals surface area (Å²) in [5, 5.41) is 1.66. The van der Waals surface area contributed by atoms with Crippen LogP contribution in [0.5, 0.6) is 0 Å². The van der Waals surface area contributed by atoms with Gasteiger partial charge >= 0.3 is 0 Å². The van der Waals surface area contributed by atoms with Gasteiger partial charge < -0.3 is 4.98 Å². The van der Waals surface area contributed by atoms with Gasteiger partial charge in [0.05, 0.1) is 11.0 Å². The van der Waals surface area contributed by atoms with Crippen molar-refractivity contribution in [2.45, 2.75) is 17.8 Å². The lowest BCUT2D eigenvalue weighted by Crippen LogP contribution is -1.82. The molecule has 0 fully saturated rings. The van der Waals surface area contributed by atoms with Crippen LogP contribution in [-0.2, 0) is 5.75 Å². The van der Waals surface area contributed by atoms with Crippen molar-refractivity contribution in [1.82, 2.24) is 9.97 Å². The molecule has 1 N–H and O–H groups in total. The van der Waals surface area contributed by atoms with Crippen molar-refractivity contribution >= 4 is 34.4 Å². The molecule has 0 bridgehead atoms. The molecule has 0 aliphatic carbocycles. The molecule has 0 unspecified atom stereocenters. The minimum atomic E-state index is 0.728. The maximum atomic E-state index is 5.96. The molecule has 0 saturated heterocycles. The van der Waals surface area contributed by atoms with E-state index in [0.29, 0.717) is 0 Å². The first kappa shape index (κ1) is 12.6. The number of thioether (sulfide) groups is 1. The summed E-state index contributed by atoms with van der Waals surface area (Å²) in [6.07, 6.45) is 0. The van der Waals surface area contributed by atoms with Gasteiger partial charge in [-0.2, -0.15) is 0 Å². The minimum absolute atomic E-state index is 0.728. The fourth-order valence-electron chi connectivity index (χ4n) is 1.98. The van der Waals surface area contributed by atoms with Crippen molar-refractivity contribution < 1.29 is 0 Å². The highest BCUT2D eigenvalue weighted by atomic mass is 35.5. The van der Waals surface area contributed by atoms with Gasteiger partial charge in [-0.25, -0.2) is 4.98 Å². The van der Waals surface area contributed by atoms with E-state index in [-0.39, 0.29) is 0 Å². The number of fused-ring (bicyclic) bond motifs is 1. The molecule has 0 saturated carbocycles. The second kappa shape index (κ2) is 5.27. The molecular formula is C15H13ClN2S. The summed E-state index contributed by atoms with van der Waals surface area (Å²) in [5.41, 5.74) is 4.54. The zero-order chi connectivity index (χ0) is 13.2. The second-order valence-corrected chi connectivity index (χ2v) is 5.88. The van der Waals surface area contributed by atoms with Gasteiger partial charge in [0.25, 0.3) is 0 Å². The average Bonchev–Trinajstić information content (AvgIpc) is 2.78. The number of aryl methyl sites for hydroxylation is 1. The number of aromatic amines is 1. The third-order valence-corrected chi connectivity index (χ3v) is 4.06. The summed E-state index contributed by atoms with van der Waals surface area (Å²) in [7, 11) is 0. The Balaban J connectivity index is 1.78. The quantitative estimate of drug-likeness (QED) is 0.700. The van der Waals surface area contributed by atoms with Crippen LogP contribution in [0.3, 0.4) is 0 Å². The predicted molar refractivity (Wildman–Crippen MR) is 81.8 cm³/mol. The molecule has 3 aromatic rings. The summed E-state index contributed by atoms with van der Waals surface area (Å²) in [6.45, 7) is 2.11. The standard InChI is InChI=1S/C15H13ClN2S/c1-10-3-2-4-11(7-10)9-19-15-17-13-6-5-12(16)8-14(13)18-15/h2-8H,9H2,1H3,(H,17,18). The van der Waals surface area contributed by atoms with Gasteiger partial charge in [-0.3, -0.25) is 0 Å². The van der Waals surface area contributed by atoms with Gasteiger partial charge in [0.15, 0.2) is 5.16 Å². The SMILES string of the molecule is Cc1cccc(CSc2nc3ccc(Cl)cc3[nH]2)c1. The summed E-state index contributed by atoms with van der Waals surface area (Å²) in [5.74, 6) is 0.912. The van der Waals surface area contributed by atoms with Gasteiger partial charge in [-0.15, -0.1) is 0 Å². The highest BCUT2D eigenvalue weighted by Crippen LogP contribution is 2.24. The maximum Gasteiger partial charge on any atom is 0.166 e. The molecule has 19 heavy (non-hydrogen) atoms. The Bertz CT molecular complexity index is 721. The molecule has 0 aliphatic heterocycles. The van der Waals surface area contributed by atoms with Crippen molar-refractivity contribution in [2.24, 2.45) is 0 Å². The third-order valence-electron chi connectivity index (χ3n) is 2.88. The molecule has 0 amide bonds. The Labute approximate surface area is 121 Å². The van der Waals surface area contributed by atoms with Crippen molar-refractivity contribution in [3.8, 4) is 0 Å². The van der Waals surface area contributed by atoms with Crippen LogP contribution in [0.1, 0.15) is 11.1 Å². The van der Waals surface area contributed by atoms with E-state index in [1.807, 2.05) is 18.2 Å². The molecule has 4 heteroatoms. The van der Waals surface area contributed by atoms with Crippen LogP contribution in [0.4, 0.5) is 0 Å². The fourth-order valence-corrected chi connectivity index (χ4v) is 2.98. The first-order chi connectivity index (χ1) is 9.20. The van der Waals surface area contributed by atoms with E-state index in [4.69, 9.17) is 11.6 Å². The Morgan fingerprint density at radius 3 is 2.95 bits per heavy atom. The van der Waals surface area contributed by atoms with Crippen LogP contribution in [-0.4, -0.2) is 9.97 Å². The van der Waals surface area contributed by atoms with Crippen molar-refractivity contribution in [1.29, 1.82) is 0 Å². The van der Waals surface area contributed by atoms with Gasteiger partial charge in [0.1, 0.15) is 0 Å². The fraction of sp³-hybridized carbons (Fsp3) is 0.133. The summed E-state index contributed by atoms with van der Waals surface area (Å²) in [6, 6.07) is 14.2. The largest absolute Gasteiger partial charge is 0.333 e. The number of aromatic nitrogens is 2. The van der Waals surface area contributed by atoms with Crippen LogP contribution in [0, 0.1) is 6.92 Å². The Morgan fingerprint density at radius 2 is 2.11 bits per heavy atom. The first-order valence-electron chi connectivity index (χ1n) is 6.04. The molecule has 0 spiro atoms. The number of hydrogen-bond donors (Lipinski definition) is 1. The van der Waals surface area contributed by atoms with E-state index in [1.54, 1.807) is 11.8 Å². The molecule has 3 rings (SSSR count). The van der Waals surface area contributed by atoms with Crippen LogP contribution >= 0.6 is 23.4 Å². The van der Waals surface area contributed by atoms with Crippen LogP contribution < -0.4 is 0 Å². The smallest absolute Gasteiger partial charge is 0.166 e. The van der Waals surface area contributed by atoms with Crippen molar-refractivity contribution in [3.63, 3.8) is 0 Å². The molecule has 1 aromatic heterocycles. The molecule has 1 heterocycles. The summed E-state index contributed by atoms with van der Waals surface area (Å²) in [4.78, 5) is 7.83. The van der Waals surface area contributed by atoms with E-state index < -0.39 is 0 Å². The number of halogens is 1. The van der Waals surface area contributed by atoms with Gasteiger partial charge in [-0.1, -0.05) is 53.2 Å². The zero-order valence-corrected chi connectivity index (χ0v) is 12.1.